The van der Waals surface area contributed by atoms with Crippen LogP contribution in [0, 0.1) is 11.6 Å². The first-order chi connectivity index (χ1) is 8.08. The molecule has 0 amide bonds. The van der Waals surface area contributed by atoms with Crippen LogP contribution in [0.2, 0.25) is 5.02 Å². The highest BCUT2D eigenvalue weighted by molar-refractivity contribution is 6.30. The molecule has 2 aromatic carbocycles. The van der Waals surface area contributed by atoms with Crippen molar-refractivity contribution in [2.45, 2.75) is 6.42 Å². The van der Waals surface area contributed by atoms with Gasteiger partial charge in [-0.2, -0.15) is 0 Å². The molecule has 0 spiro atoms. The van der Waals surface area contributed by atoms with E-state index in [0.29, 0.717) is 16.3 Å². The standard InChI is InChI=1S/C13H10ClF2N/c14-9-4-5-13(17)8(6-9)7-10-11(15)2-1-3-12(10)16/h1-6H,7,17H2. The summed E-state index contributed by atoms with van der Waals surface area (Å²) in [5.74, 6) is -1.16. The Hall–Kier alpha value is -1.61. The molecule has 0 radical (unpaired) electrons. The van der Waals surface area contributed by atoms with Gasteiger partial charge < -0.3 is 5.73 Å². The summed E-state index contributed by atoms with van der Waals surface area (Å²) >= 11 is 5.82. The molecule has 0 aromatic heterocycles. The zero-order valence-corrected chi connectivity index (χ0v) is 9.64. The third-order valence-electron chi connectivity index (χ3n) is 2.53. The van der Waals surface area contributed by atoms with Gasteiger partial charge in [0, 0.05) is 22.7 Å². The molecule has 0 saturated carbocycles. The summed E-state index contributed by atoms with van der Waals surface area (Å²) in [5.41, 5.74) is 6.82. The number of halogens is 3. The Labute approximate surface area is 103 Å². The Morgan fingerprint density at radius 3 is 2.35 bits per heavy atom. The molecule has 0 heterocycles. The number of nitrogens with two attached hydrogens (primary N) is 1. The second-order valence-corrected chi connectivity index (χ2v) is 4.16. The summed E-state index contributed by atoms with van der Waals surface area (Å²) in [7, 11) is 0. The van der Waals surface area contributed by atoms with Gasteiger partial charge in [0.05, 0.1) is 0 Å². The summed E-state index contributed by atoms with van der Waals surface area (Å²) in [6, 6.07) is 8.64. The first-order valence-electron chi connectivity index (χ1n) is 5.04. The summed E-state index contributed by atoms with van der Waals surface area (Å²) in [6.45, 7) is 0. The maximum Gasteiger partial charge on any atom is 0.129 e. The minimum Gasteiger partial charge on any atom is -0.398 e. The highest BCUT2D eigenvalue weighted by atomic mass is 35.5. The number of nitrogen functional groups attached to an aromatic ring is 1. The number of anilines is 1. The summed E-state index contributed by atoms with van der Waals surface area (Å²) in [4.78, 5) is 0. The predicted molar refractivity (Wildman–Crippen MR) is 65.0 cm³/mol. The molecule has 0 bridgehead atoms. The first-order valence-corrected chi connectivity index (χ1v) is 5.42. The van der Waals surface area contributed by atoms with Gasteiger partial charge in [-0.1, -0.05) is 17.7 Å². The van der Waals surface area contributed by atoms with Crippen molar-refractivity contribution in [1.82, 2.24) is 0 Å². The molecule has 4 heteroatoms. The van der Waals surface area contributed by atoms with Gasteiger partial charge in [0.15, 0.2) is 0 Å². The molecule has 1 nitrogen and oxygen atoms in total. The second kappa shape index (κ2) is 4.72. The van der Waals surface area contributed by atoms with Crippen LogP contribution in [-0.2, 0) is 6.42 Å². The van der Waals surface area contributed by atoms with Crippen LogP contribution in [0.4, 0.5) is 14.5 Å². The fourth-order valence-electron chi connectivity index (χ4n) is 1.62. The Morgan fingerprint density at radius 1 is 1.06 bits per heavy atom. The number of benzene rings is 2. The van der Waals surface area contributed by atoms with Crippen LogP contribution in [-0.4, -0.2) is 0 Å². The average molecular weight is 254 g/mol. The van der Waals surface area contributed by atoms with Crippen LogP contribution in [0.3, 0.4) is 0 Å². The number of hydrogen-bond acceptors (Lipinski definition) is 1. The maximum absolute atomic E-state index is 13.5. The zero-order chi connectivity index (χ0) is 12.4. The fourth-order valence-corrected chi connectivity index (χ4v) is 1.81. The molecule has 88 valence electrons. The van der Waals surface area contributed by atoms with Crippen molar-refractivity contribution >= 4 is 17.3 Å². The molecule has 0 fully saturated rings. The van der Waals surface area contributed by atoms with Gasteiger partial charge in [0.25, 0.3) is 0 Å². The van der Waals surface area contributed by atoms with Crippen LogP contribution < -0.4 is 5.73 Å². The van der Waals surface area contributed by atoms with Crippen LogP contribution in [0.1, 0.15) is 11.1 Å². The topological polar surface area (TPSA) is 26.0 Å². The lowest BCUT2D eigenvalue weighted by molar-refractivity contribution is 0.561. The highest BCUT2D eigenvalue weighted by Crippen LogP contribution is 2.23. The van der Waals surface area contributed by atoms with Crippen LogP contribution in [0.25, 0.3) is 0 Å². The van der Waals surface area contributed by atoms with E-state index in [0.717, 1.165) is 0 Å². The predicted octanol–water partition coefficient (Wildman–Crippen LogP) is 3.79. The van der Waals surface area contributed by atoms with Gasteiger partial charge in [-0.05, 0) is 35.9 Å². The van der Waals surface area contributed by atoms with Crippen molar-refractivity contribution in [3.8, 4) is 0 Å². The Kier molecular flexibility index (Phi) is 3.29. The van der Waals surface area contributed by atoms with Crippen molar-refractivity contribution in [2.75, 3.05) is 5.73 Å². The van der Waals surface area contributed by atoms with Crippen molar-refractivity contribution in [2.24, 2.45) is 0 Å². The Morgan fingerprint density at radius 2 is 1.71 bits per heavy atom. The quantitative estimate of drug-likeness (QED) is 0.810. The van der Waals surface area contributed by atoms with Crippen molar-refractivity contribution in [3.63, 3.8) is 0 Å². The average Bonchev–Trinajstić information content (AvgIpc) is 2.28. The van der Waals surface area contributed by atoms with Crippen molar-refractivity contribution in [1.29, 1.82) is 0 Å². The lowest BCUT2D eigenvalue weighted by Crippen LogP contribution is -2.00. The fraction of sp³-hybridized carbons (Fsp3) is 0.0769. The van der Waals surface area contributed by atoms with E-state index in [2.05, 4.69) is 0 Å². The largest absolute Gasteiger partial charge is 0.398 e. The normalized spacial score (nSPS) is 10.5. The SMILES string of the molecule is Nc1ccc(Cl)cc1Cc1c(F)cccc1F. The molecule has 0 aliphatic carbocycles. The Balaban J connectivity index is 2.41. The van der Waals surface area contributed by atoms with E-state index < -0.39 is 11.6 Å². The number of rotatable bonds is 2. The molecule has 0 aliphatic rings. The summed E-state index contributed by atoms with van der Waals surface area (Å²) < 4.78 is 26.9. The van der Waals surface area contributed by atoms with Gasteiger partial charge in [0.1, 0.15) is 11.6 Å². The second-order valence-electron chi connectivity index (χ2n) is 3.72. The van der Waals surface area contributed by atoms with Crippen LogP contribution in [0.15, 0.2) is 36.4 Å². The molecular weight excluding hydrogens is 244 g/mol. The van der Waals surface area contributed by atoms with Gasteiger partial charge in [0.2, 0.25) is 0 Å². The Bertz CT molecular complexity index is 535. The monoisotopic (exact) mass is 253 g/mol. The molecule has 0 saturated heterocycles. The molecule has 17 heavy (non-hydrogen) atoms. The van der Waals surface area contributed by atoms with E-state index in [-0.39, 0.29) is 12.0 Å². The molecular formula is C13H10ClF2N. The molecule has 2 aromatic rings. The minimum absolute atomic E-state index is 0.00136. The maximum atomic E-state index is 13.5. The molecule has 0 atom stereocenters. The first kappa shape index (κ1) is 11.9. The molecule has 2 N–H and O–H groups in total. The van der Waals surface area contributed by atoms with E-state index in [1.807, 2.05) is 0 Å². The van der Waals surface area contributed by atoms with Crippen LogP contribution >= 0.6 is 11.6 Å². The van der Waals surface area contributed by atoms with E-state index in [4.69, 9.17) is 17.3 Å². The van der Waals surface area contributed by atoms with Crippen LogP contribution in [0.5, 0.6) is 0 Å². The molecule has 0 unspecified atom stereocenters. The number of hydrogen-bond donors (Lipinski definition) is 1. The lowest BCUT2D eigenvalue weighted by atomic mass is 10.0. The third-order valence-corrected chi connectivity index (χ3v) is 2.77. The van der Waals surface area contributed by atoms with Crippen molar-refractivity contribution < 1.29 is 8.78 Å². The van der Waals surface area contributed by atoms with Gasteiger partial charge >= 0.3 is 0 Å². The van der Waals surface area contributed by atoms with E-state index in [9.17, 15) is 8.78 Å². The molecule has 2 rings (SSSR count). The molecule has 0 aliphatic heterocycles. The van der Waals surface area contributed by atoms with Crippen molar-refractivity contribution in [3.05, 3.63) is 64.2 Å². The van der Waals surface area contributed by atoms with E-state index >= 15 is 0 Å². The third kappa shape index (κ3) is 2.56. The van der Waals surface area contributed by atoms with Gasteiger partial charge in [-0.25, -0.2) is 8.78 Å². The summed E-state index contributed by atoms with van der Waals surface area (Å²) in [5, 5.41) is 0.492. The van der Waals surface area contributed by atoms with E-state index in [1.54, 1.807) is 18.2 Å². The van der Waals surface area contributed by atoms with E-state index in [1.165, 1.54) is 18.2 Å². The minimum atomic E-state index is -0.579. The summed E-state index contributed by atoms with van der Waals surface area (Å²) in [6.07, 6.45) is 0.0882. The van der Waals surface area contributed by atoms with Gasteiger partial charge in [-0.15, -0.1) is 0 Å². The zero-order valence-electron chi connectivity index (χ0n) is 8.88. The smallest absolute Gasteiger partial charge is 0.129 e. The highest BCUT2D eigenvalue weighted by Gasteiger charge is 2.11. The van der Waals surface area contributed by atoms with Gasteiger partial charge in [-0.3, -0.25) is 0 Å². The lowest BCUT2D eigenvalue weighted by Gasteiger charge is -2.08.